The van der Waals surface area contributed by atoms with Gasteiger partial charge in [0.1, 0.15) is 0 Å². The van der Waals surface area contributed by atoms with Gasteiger partial charge in [-0.15, -0.1) is 0 Å². The molecule has 0 aromatic heterocycles. The quantitative estimate of drug-likeness (QED) is 0.619. The predicted molar refractivity (Wildman–Crippen MR) is 73.4 cm³/mol. The predicted octanol–water partition coefficient (Wildman–Crippen LogP) is 3.60. The first-order chi connectivity index (χ1) is 8.62. The van der Waals surface area contributed by atoms with E-state index in [1.165, 1.54) is 12.1 Å². The van der Waals surface area contributed by atoms with Crippen LogP contribution in [0, 0.1) is 21.3 Å². The van der Waals surface area contributed by atoms with Gasteiger partial charge in [0, 0.05) is 18.7 Å². The van der Waals surface area contributed by atoms with E-state index in [4.69, 9.17) is 0 Å². The molecular formula is C14H21FN2O2. The summed E-state index contributed by atoms with van der Waals surface area (Å²) >= 11 is 0. The van der Waals surface area contributed by atoms with Crippen molar-refractivity contribution in [2.75, 3.05) is 7.05 Å². The van der Waals surface area contributed by atoms with Crippen molar-refractivity contribution >= 4 is 5.69 Å². The Bertz CT molecular complexity index is 469. The molecule has 106 valence electrons. The zero-order valence-corrected chi connectivity index (χ0v) is 12.1. The average molecular weight is 268 g/mol. The zero-order chi connectivity index (χ0) is 14.8. The molecule has 1 atom stereocenters. The van der Waals surface area contributed by atoms with Crippen LogP contribution in [0.3, 0.4) is 0 Å². The van der Waals surface area contributed by atoms with E-state index in [2.05, 4.69) is 32.6 Å². The van der Waals surface area contributed by atoms with Crippen molar-refractivity contribution < 1.29 is 9.31 Å². The largest absolute Gasteiger partial charge is 0.304 e. The average Bonchev–Trinajstić information content (AvgIpc) is 2.26. The molecule has 0 aliphatic carbocycles. The minimum absolute atomic E-state index is 0.119. The number of halogens is 1. The third kappa shape index (κ3) is 3.99. The Balaban J connectivity index is 2.84. The summed E-state index contributed by atoms with van der Waals surface area (Å²) in [6.45, 7) is 9.11. The highest BCUT2D eigenvalue weighted by molar-refractivity contribution is 5.34. The monoisotopic (exact) mass is 268 g/mol. The molecule has 0 heterocycles. The maximum Gasteiger partial charge on any atom is 0.304 e. The van der Waals surface area contributed by atoms with Gasteiger partial charge >= 0.3 is 5.69 Å². The van der Waals surface area contributed by atoms with Crippen LogP contribution in [0.25, 0.3) is 0 Å². The van der Waals surface area contributed by atoms with Gasteiger partial charge in [-0.2, -0.15) is 4.39 Å². The molecule has 1 unspecified atom stereocenters. The van der Waals surface area contributed by atoms with Crippen LogP contribution < -0.4 is 0 Å². The molecule has 0 N–H and O–H groups in total. The lowest BCUT2D eigenvalue weighted by Crippen LogP contribution is -2.38. The highest BCUT2D eigenvalue weighted by Crippen LogP contribution is 2.25. The molecule has 0 aliphatic heterocycles. The number of rotatable bonds is 4. The second-order valence-electron chi connectivity index (χ2n) is 6.00. The molecule has 4 nitrogen and oxygen atoms in total. The van der Waals surface area contributed by atoms with Crippen molar-refractivity contribution in [3.63, 3.8) is 0 Å². The van der Waals surface area contributed by atoms with E-state index in [-0.39, 0.29) is 5.41 Å². The van der Waals surface area contributed by atoms with Crippen LogP contribution in [-0.4, -0.2) is 22.9 Å². The number of benzene rings is 1. The van der Waals surface area contributed by atoms with Crippen LogP contribution in [0.1, 0.15) is 33.3 Å². The molecule has 0 saturated carbocycles. The Hall–Kier alpha value is -1.49. The molecule has 1 rings (SSSR count). The SMILES string of the molecule is CC(N(C)Cc1ccc([N+](=O)[O-])c(F)c1)C(C)(C)C. The molecule has 5 heteroatoms. The molecule has 0 saturated heterocycles. The Kier molecular flexibility index (Phi) is 4.63. The van der Waals surface area contributed by atoms with Gasteiger partial charge in [-0.1, -0.05) is 26.8 Å². The van der Waals surface area contributed by atoms with Crippen LogP contribution in [-0.2, 0) is 6.54 Å². The lowest BCUT2D eigenvalue weighted by atomic mass is 9.87. The molecule has 0 aliphatic rings. The fourth-order valence-corrected chi connectivity index (χ4v) is 1.88. The molecule has 0 amide bonds. The van der Waals surface area contributed by atoms with Gasteiger partial charge in [-0.05, 0) is 31.0 Å². The lowest BCUT2D eigenvalue weighted by Gasteiger charge is -2.35. The van der Waals surface area contributed by atoms with Gasteiger partial charge < -0.3 is 0 Å². The van der Waals surface area contributed by atoms with Crippen molar-refractivity contribution in [3.05, 3.63) is 39.7 Å². The summed E-state index contributed by atoms with van der Waals surface area (Å²) in [5.41, 5.74) is 0.380. The summed E-state index contributed by atoms with van der Waals surface area (Å²) in [6.07, 6.45) is 0. The first-order valence-electron chi connectivity index (χ1n) is 6.26. The normalized spacial score (nSPS) is 13.6. The number of nitrogens with zero attached hydrogens (tertiary/aromatic N) is 2. The van der Waals surface area contributed by atoms with E-state index in [0.29, 0.717) is 12.6 Å². The zero-order valence-electron chi connectivity index (χ0n) is 12.1. The number of hydrogen-bond donors (Lipinski definition) is 0. The van der Waals surface area contributed by atoms with Crippen molar-refractivity contribution in [2.24, 2.45) is 5.41 Å². The standard InChI is InChI=1S/C14H21FN2O2/c1-10(14(2,3)4)16(5)9-11-6-7-13(17(18)19)12(15)8-11/h6-8,10H,9H2,1-5H3. The van der Waals surface area contributed by atoms with E-state index in [1.807, 2.05) is 7.05 Å². The molecule has 0 fully saturated rings. The fraction of sp³-hybridized carbons (Fsp3) is 0.571. The maximum atomic E-state index is 13.5. The second kappa shape index (κ2) is 5.65. The topological polar surface area (TPSA) is 46.4 Å². The second-order valence-corrected chi connectivity index (χ2v) is 6.00. The van der Waals surface area contributed by atoms with Crippen LogP contribution in [0.4, 0.5) is 10.1 Å². The fourth-order valence-electron chi connectivity index (χ4n) is 1.88. The molecule has 0 spiro atoms. The lowest BCUT2D eigenvalue weighted by molar-refractivity contribution is -0.387. The van der Waals surface area contributed by atoms with Crippen molar-refractivity contribution in [2.45, 2.75) is 40.3 Å². The smallest absolute Gasteiger partial charge is 0.299 e. The first-order valence-corrected chi connectivity index (χ1v) is 6.26. The summed E-state index contributed by atoms with van der Waals surface area (Å²) in [6, 6.07) is 4.38. The van der Waals surface area contributed by atoms with Gasteiger partial charge in [-0.25, -0.2) is 0 Å². The number of hydrogen-bond acceptors (Lipinski definition) is 3. The van der Waals surface area contributed by atoms with Gasteiger partial charge in [0.15, 0.2) is 0 Å². The summed E-state index contributed by atoms with van der Waals surface area (Å²) in [4.78, 5) is 12.0. The van der Waals surface area contributed by atoms with Gasteiger partial charge in [-0.3, -0.25) is 15.0 Å². The van der Waals surface area contributed by atoms with Crippen LogP contribution >= 0.6 is 0 Å². The van der Waals surface area contributed by atoms with E-state index >= 15 is 0 Å². The third-order valence-corrected chi connectivity index (χ3v) is 3.56. The van der Waals surface area contributed by atoms with E-state index in [9.17, 15) is 14.5 Å². The highest BCUT2D eigenvalue weighted by Gasteiger charge is 2.24. The molecule has 19 heavy (non-hydrogen) atoms. The van der Waals surface area contributed by atoms with Crippen LogP contribution in [0.2, 0.25) is 0 Å². The molecular weight excluding hydrogens is 247 g/mol. The molecule has 0 bridgehead atoms. The minimum Gasteiger partial charge on any atom is -0.299 e. The Morgan fingerprint density at radius 1 is 1.42 bits per heavy atom. The van der Waals surface area contributed by atoms with Crippen molar-refractivity contribution in [3.8, 4) is 0 Å². The highest BCUT2D eigenvalue weighted by atomic mass is 19.1. The van der Waals surface area contributed by atoms with E-state index < -0.39 is 16.4 Å². The van der Waals surface area contributed by atoms with Crippen LogP contribution in [0.5, 0.6) is 0 Å². The minimum atomic E-state index is -0.778. The molecule has 0 radical (unpaired) electrons. The Morgan fingerprint density at radius 2 is 2.00 bits per heavy atom. The summed E-state index contributed by atoms with van der Waals surface area (Å²) in [5, 5.41) is 10.6. The summed E-state index contributed by atoms with van der Waals surface area (Å²) in [7, 11) is 1.97. The summed E-state index contributed by atoms with van der Waals surface area (Å²) < 4.78 is 13.5. The van der Waals surface area contributed by atoms with Gasteiger partial charge in [0.05, 0.1) is 4.92 Å². The van der Waals surface area contributed by atoms with Crippen molar-refractivity contribution in [1.82, 2.24) is 4.90 Å². The van der Waals surface area contributed by atoms with Crippen molar-refractivity contribution in [1.29, 1.82) is 0 Å². The third-order valence-electron chi connectivity index (χ3n) is 3.56. The van der Waals surface area contributed by atoms with E-state index in [1.54, 1.807) is 6.07 Å². The van der Waals surface area contributed by atoms with Gasteiger partial charge in [0.25, 0.3) is 0 Å². The van der Waals surface area contributed by atoms with Crippen LogP contribution in [0.15, 0.2) is 18.2 Å². The van der Waals surface area contributed by atoms with Gasteiger partial charge in [0.2, 0.25) is 5.82 Å². The molecule has 1 aromatic carbocycles. The number of nitro benzene ring substituents is 1. The Morgan fingerprint density at radius 3 is 2.42 bits per heavy atom. The first kappa shape index (κ1) is 15.6. The molecule has 1 aromatic rings. The maximum absolute atomic E-state index is 13.5. The summed E-state index contributed by atoms with van der Waals surface area (Å²) in [5.74, 6) is -0.778. The van der Waals surface area contributed by atoms with E-state index in [0.717, 1.165) is 5.56 Å². The number of nitro groups is 1. The Labute approximate surface area is 113 Å².